The summed E-state index contributed by atoms with van der Waals surface area (Å²) in [6.45, 7) is 0.654. The van der Waals surface area contributed by atoms with E-state index in [9.17, 15) is 8.42 Å². The lowest BCUT2D eigenvalue weighted by Crippen LogP contribution is -2.44. The first-order chi connectivity index (χ1) is 8.61. The average molecular weight is 278 g/mol. The van der Waals surface area contributed by atoms with Crippen molar-refractivity contribution in [2.45, 2.75) is 51.0 Å². The van der Waals surface area contributed by atoms with Crippen LogP contribution in [-0.2, 0) is 10.0 Å². The molecule has 1 rings (SSSR count). The molecule has 0 heterocycles. The van der Waals surface area contributed by atoms with Crippen molar-refractivity contribution in [3.63, 3.8) is 0 Å². The van der Waals surface area contributed by atoms with Gasteiger partial charge in [0.25, 0.3) is 0 Å². The van der Waals surface area contributed by atoms with Gasteiger partial charge >= 0.3 is 0 Å². The molecule has 0 radical (unpaired) electrons. The van der Waals surface area contributed by atoms with Crippen LogP contribution in [0, 0.1) is 0 Å². The highest BCUT2D eigenvalue weighted by atomic mass is 32.2. The third-order valence-electron chi connectivity index (χ3n) is 3.52. The summed E-state index contributed by atoms with van der Waals surface area (Å²) in [5, 5.41) is 9.08. The lowest BCUT2D eigenvalue weighted by Gasteiger charge is -2.33. The topological polar surface area (TPSA) is 83.6 Å². The minimum atomic E-state index is -3.24. The van der Waals surface area contributed by atoms with Crippen molar-refractivity contribution in [2.75, 3.05) is 25.4 Å². The number of aliphatic hydroxyl groups excluding tert-OH is 1. The van der Waals surface area contributed by atoms with E-state index in [2.05, 4.69) is 0 Å². The van der Waals surface area contributed by atoms with Gasteiger partial charge in [-0.2, -0.15) is 4.31 Å². The van der Waals surface area contributed by atoms with Gasteiger partial charge in [-0.15, -0.1) is 0 Å². The first kappa shape index (κ1) is 15.9. The fraction of sp³-hybridized carbons (Fsp3) is 1.00. The molecule has 0 aromatic carbocycles. The summed E-state index contributed by atoms with van der Waals surface area (Å²) < 4.78 is 26.1. The number of sulfonamides is 1. The zero-order valence-electron chi connectivity index (χ0n) is 11.1. The Morgan fingerprint density at radius 3 is 2.39 bits per heavy atom. The van der Waals surface area contributed by atoms with Gasteiger partial charge in [0, 0.05) is 12.6 Å². The van der Waals surface area contributed by atoms with Gasteiger partial charge in [-0.05, 0) is 32.2 Å². The maximum absolute atomic E-state index is 12.3. The van der Waals surface area contributed by atoms with Crippen LogP contribution in [0.3, 0.4) is 0 Å². The lowest BCUT2D eigenvalue weighted by molar-refractivity contribution is 0.199. The molecule has 5 nitrogen and oxygen atoms in total. The molecule has 0 spiro atoms. The Hall–Kier alpha value is -0.170. The van der Waals surface area contributed by atoms with Gasteiger partial charge in [0.15, 0.2) is 0 Å². The van der Waals surface area contributed by atoms with Gasteiger partial charge in [0.2, 0.25) is 10.0 Å². The van der Waals surface area contributed by atoms with Crippen LogP contribution in [0.5, 0.6) is 0 Å². The second kappa shape index (κ2) is 8.09. The van der Waals surface area contributed by atoms with Gasteiger partial charge in [-0.3, -0.25) is 0 Å². The monoisotopic (exact) mass is 278 g/mol. The highest BCUT2D eigenvalue weighted by Gasteiger charge is 2.29. The SMILES string of the molecule is NCCCCS(=O)(=O)N(CCO)C1CCCCC1. The van der Waals surface area contributed by atoms with Crippen LogP contribution >= 0.6 is 0 Å². The lowest BCUT2D eigenvalue weighted by atomic mass is 9.95. The van der Waals surface area contributed by atoms with E-state index < -0.39 is 10.0 Å². The van der Waals surface area contributed by atoms with Gasteiger partial charge in [0.05, 0.1) is 12.4 Å². The van der Waals surface area contributed by atoms with Crippen molar-refractivity contribution >= 4 is 10.0 Å². The molecule has 0 aromatic heterocycles. The van der Waals surface area contributed by atoms with E-state index in [1.807, 2.05) is 0 Å². The molecule has 1 aliphatic carbocycles. The Balaban J connectivity index is 2.63. The van der Waals surface area contributed by atoms with Crippen LogP contribution in [0.4, 0.5) is 0 Å². The Morgan fingerprint density at radius 2 is 1.83 bits per heavy atom. The number of nitrogens with two attached hydrogens (primary N) is 1. The number of hydrogen-bond donors (Lipinski definition) is 2. The van der Waals surface area contributed by atoms with E-state index >= 15 is 0 Å². The Morgan fingerprint density at radius 1 is 1.17 bits per heavy atom. The number of unbranched alkanes of at least 4 members (excludes halogenated alkanes) is 1. The summed E-state index contributed by atoms with van der Waals surface area (Å²) in [6, 6.07) is 0.0915. The van der Waals surface area contributed by atoms with Gasteiger partial charge in [-0.25, -0.2) is 8.42 Å². The standard InChI is InChI=1S/C12H26N2O3S/c13-8-4-5-11-18(16,17)14(9-10-15)12-6-2-1-3-7-12/h12,15H,1-11,13H2. The van der Waals surface area contributed by atoms with E-state index in [0.29, 0.717) is 13.0 Å². The van der Waals surface area contributed by atoms with Crippen LogP contribution in [0.2, 0.25) is 0 Å². The van der Waals surface area contributed by atoms with Crippen LogP contribution in [0.25, 0.3) is 0 Å². The summed E-state index contributed by atoms with van der Waals surface area (Å²) in [5.74, 6) is 0.153. The van der Waals surface area contributed by atoms with E-state index in [1.165, 1.54) is 10.7 Å². The Labute approximate surface area is 110 Å². The summed E-state index contributed by atoms with van der Waals surface area (Å²) >= 11 is 0. The highest BCUT2D eigenvalue weighted by Crippen LogP contribution is 2.25. The molecule has 0 unspecified atom stereocenters. The molecule has 108 valence electrons. The summed E-state index contributed by atoms with van der Waals surface area (Å²) in [4.78, 5) is 0. The third kappa shape index (κ3) is 4.84. The van der Waals surface area contributed by atoms with E-state index in [4.69, 9.17) is 10.8 Å². The molecule has 3 N–H and O–H groups in total. The summed E-state index contributed by atoms with van der Waals surface area (Å²) in [5.41, 5.74) is 5.39. The zero-order valence-corrected chi connectivity index (χ0v) is 11.9. The van der Waals surface area contributed by atoms with Crippen LogP contribution in [-0.4, -0.2) is 49.3 Å². The highest BCUT2D eigenvalue weighted by molar-refractivity contribution is 7.89. The molecule has 0 atom stereocenters. The van der Waals surface area contributed by atoms with Crippen LogP contribution in [0.1, 0.15) is 44.9 Å². The Kier molecular flexibility index (Phi) is 7.14. The second-order valence-electron chi connectivity index (χ2n) is 4.94. The fourth-order valence-corrected chi connectivity index (χ4v) is 4.39. The van der Waals surface area contributed by atoms with E-state index in [1.54, 1.807) is 0 Å². The van der Waals surface area contributed by atoms with Gasteiger partial charge in [-0.1, -0.05) is 19.3 Å². The Bertz CT molecular complexity index is 313. The van der Waals surface area contributed by atoms with Crippen molar-refractivity contribution in [3.8, 4) is 0 Å². The minimum absolute atomic E-state index is 0.0915. The minimum Gasteiger partial charge on any atom is -0.395 e. The molecule has 6 heteroatoms. The van der Waals surface area contributed by atoms with Crippen molar-refractivity contribution < 1.29 is 13.5 Å². The van der Waals surface area contributed by atoms with E-state index in [-0.39, 0.29) is 24.9 Å². The molecule has 0 saturated heterocycles. The van der Waals surface area contributed by atoms with Gasteiger partial charge in [0.1, 0.15) is 0 Å². The van der Waals surface area contributed by atoms with E-state index in [0.717, 1.165) is 32.1 Å². The number of hydrogen-bond acceptors (Lipinski definition) is 4. The van der Waals surface area contributed by atoms with Gasteiger partial charge < -0.3 is 10.8 Å². The smallest absolute Gasteiger partial charge is 0.214 e. The molecule has 0 aliphatic heterocycles. The maximum Gasteiger partial charge on any atom is 0.214 e. The van der Waals surface area contributed by atoms with Crippen molar-refractivity contribution in [1.29, 1.82) is 0 Å². The molecule has 0 aromatic rings. The molecule has 1 fully saturated rings. The van der Waals surface area contributed by atoms with Crippen LogP contribution < -0.4 is 5.73 Å². The second-order valence-corrected chi connectivity index (χ2v) is 6.98. The van der Waals surface area contributed by atoms with Crippen molar-refractivity contribution in [2.24, 2.45) is 5.73 Å². The summed E-state index contributed by atoms with van der Waals surface area (Å²) in [7, 11) is -3.24. The molecule has 0 bridgehead atoms. The predicted molar refractivity (Wildman–Crippen MR) is 72.7 cm³/mol. The maximum atomic E-state index is 12.3. The van der Waals surface area contributed by atoms with Crippen LogP contribution in [0.15, 0.2) is 0 Å². The number of aliphatic hydroxyl groups is 1. The molecule has 1 saturated carbocycles. The molecular weight excluding hydrogens is 252 g/mol. The predicted octanol–water partition coefficient (Wildman–Crippen LogP) is 0.682. The zero-order chi connectivity index (χ0) is 13.4. The first-order valence-corrected chi connectivity index (χ1v) is 8.53. The summed E-state index contributed by atoms with van der Waals surface area (Å²) in [6.07, 6.45) is 6.56. The number of rotatable bonds is 8. The molecule has 0 amide bonds. The number of nitrogens with zero attached hydrogens (tertiary/aromatic N) is 1. The molecule has 18 heavy (non-hydrogen) atoms. The van der Waals surface area contributed by atoms with Crippen molar-refractivity contribution in [1.82, 2.24) is 4.31 Å². The first-order valence-electron chi connectivity index (χ1n) is 6.92. The largest absolute Gasteiger partial charge is 0.395 e. The normalized spacial score (nSPS) is 18.4. The average Bonchev–Trinajstić information content (AvgIpc) is 2.37. The molecular formula is C12H26N2O3S. The molecule has 1 aliphatic rings. The third-order valence-corrected chi connectivity index (χ3v) is 5.52. The van der Waals surface area contributed by atoms with Crippen molar-refractivity contribution in [3.05, 3.63) is 0 Å². The quantitative estimate of drug-likeness (QED) is 0.640. The fourth-order valence-electron chi connectivity index (χ4n) is 2.56.